The minimum atomic E-state index is -0.235. The van der Waals surface area contributed by atoms with Gasteiger partial charge in [0.25, 0.3) is 0 Å². The first-order valence-electron chi connectivity index (χ1n) is 3.82. The zero-order valence-corrected chi connectivity index (χ0v) is 8.06. The Hall–Kier alpha value is -1.23. The topological polar surface area (TPSA) is 59.1 Å². The average Bonchev–Trinajstić information content (AvgIpc) is 2.51. The van der Waals surface area contributed by atoms with Gasteiger partial charge >= 0.3 is 0 Å². The van der Waals surface area contributed by atoms with Crippen molar-refractivity contribution in [2.45, 2.75) is 19.9 Å². The zero-order valence-electron chi connectivity index (χ0n) is 7.24. The number of ketones is 1. The van der Waals surface area contributed by atoms with Crippen LogP contribution in [-0.2, 0) is 16.1 Å². The van der Waals surface area contributed by atoms with Gasteiger partial charge in [-0.15, -0.1) is 11.3 Å². The fraction of sp³-hybridized carbons (Fsp3) is 0.375. The molecular weight excluding hydrogens is 188 g/mol. The van der Waals surface area contributed by atoms with Gasteiger partial charge in [-0.2, -0.15) is 0 Å². The smallest absolute Gasteiger partial charge is 0.227 e. The van der Waals surface area contributed by atoms with E-state index in [4.69, 9.17) is 0 Å². The molecule has 13 heavy (non-hydrogen) atoms. The SMILES string of the molecule is CC(=O)CC(=O)NCc1cncs1. The van der Waals surface area contributed by atoms with Crippen LogP contribution in [0.3, 0.4) is 0 Å². The van der Waals surface area contributed by atoms with Crippen LogP contribution in [0, 0.1) is 0 Å². The van der Waals surface area contributed by atoms with Gasteiger partial charge in [-0.25, -0.2) is 0 Å². The Morgan fingerprint density at radius 3 is 2.92 bits per heavy atom. The highest BCUT2D eigenvalue weighted by Crippen LogP contribution is 2.03. The Labute approximate surface area is 80.0 Å². The molecule has 70 valence electrons. The van der Waals surface area contributed by atoms with E-state index in [0.717, 1.165) is 4.88 Å². The van der Waals surface area contributed by atoms with Crippen molar-refractivity contribution in [3.8, 4) is 0 Å². The quantitative estimate of drug-likeness (QED) is 0.726. The number of aromatic nitrogens is 1. The van der Waals surface area contributed by atoms with E-state index in [2.05, 4.69) is 10.3 Å². The Morgan fingerprint density at radius 2 is 2.38 bits per heavy atom. The van der Waals surface area contributed by atoms with E-state index >= 15 is 0 Å². The van der Waals surface area contributed by atoms with Gasteiger partial charge in [0.05, 0.1) is 18.5 Å². The van der Waals surface area contributed by atoms with Crippen molar-refractivity contribution in [1.82, 2.24) is 10.3 Å². The molecule has 1 aromatic heterocycles. The molecule has 1 N–H and O–H groups in total. The minimum absolute atomic E-state index is 0.0429. The van der Waals surface area contributed by atoms with E-state index < -0.39 is 0 Å². The van der Waals surface area contributed by atoms with Crippen LogP contribution in [-0.4, -0.2) is 16.7 Å². The predicted octanol–water partition coefficient (Wildman–Crippen LogP) is 0.738. The van der Waals surface area contributed by atoms with Crippen LogP contribution in [0.4, 0.5) is 0 Å². The number of hydrogen-bond donors (Lipinski definition) is 1. The first-order chi connectivity index (χ1) is 6.18. The highest BCUT2D eigenvalue weighted by atomic mass is 32.1. The van der Waals surface area contributed by atoms with Gasteiger partial charge in [0.15, 0.2) is 0 Å². The lowest BCUT2D eigenvalue weighted by Gasteiger charge is -1.99. The van der Waals surface area contributed by atoms with E-state index in [-0.39, 0.29) is 18.1 Å². The summed E-state index contributed by atoms with van der Waals surface area (Å²) in [6.45, 7) is 1.85. The van der Waals surface area contributed by atoms with Crippen LogP contribution in [0.1, 0.15) is 18.2 Å². The van der Waals surface area contributed by atoms with Crippen molar-refractivity contribution in [2.24, 2.45) is 0 Å². The first-order valence-corrected chi connectivity index (χ1v) is 4.70. The van der Waals surface area contributed by atoms with Gasteiger partial charge in [0.1, 0.15) is 5.78 Å². The highest BCUT2D eigenvalue weighted by molar-refractivity contribution is 7.09. The average molecular weight is 198 g/mol. The zero-order chi connectivity index (χ0) is 9.68. The maximum Gasteiger partial charge on any atom is 0.227 e. The number of carbonyl (C=O) groups is 2. The highest BCUT2D eigenvalue weighted by Gasteiger charge is 2.04. The van der Waals surface area contributed by atoms with Crippen LogP contribution in [0.25, 0.3) is 0 Å². The molecule has 5 heteroatoms. The van der Waals surface area contributed by atoms with Gasteiger partial charge in [-0.3, -0.25) is 14.6 Å². The molecule has 1 aromatic rings. The fourth-order valence-corrected chi connectivity index (χ4v) is 1.34. The third-order valence-corrected chi connectivity index (χ3v) is 2.13. The molecule has 0 aliphatic heterocycles. The van der Waals surface area contributed by atoms with Crippen LogP contribution >= 0.6 is 11.3 Å². The van der Waals surface area contributed by atoms with Gasteiger partial charge in [0.2, 0.25) is 5.91 Å². The van der Waals surface area contributed by atoms with E-state index in [1.54, 1.807) is 11.7 Å². The molecule has 0 fully saturated rings. The summed E-state index contributed by atoms with van der Waals surface area (Å²) in [5.41, 5.74) is 1.70. The van der Waals surface area contributed by atoms with Gasteiger partial charge in [-0.1, -0.05) is 0 Å². The van der Waals surface area contributed by atoms with E-state index in [1.807, 2.05) is 0 Å². The molecule has 0 radical (unpaired) electrons. The summed E-state index contributed by atoms with van der Waals surface area (Å²) in [5.74, 6) is -0.359. The summed E-state index contributed by atoms with van der Waals surface area (Å²) < 4.78 is 0. The second-order valence-corrected chi connectivity index (χ2v) is 3.59. The number of rotatable bonds is 4. The Kier molecular flexibility index (Phi) is 3.57. The van der Waals surface area contributed by atoms with E-state index in [9.17, 15) is 9.59 Å². The van der Waals surface area contributed by atoms with Crippen molar-refractivity contribution < 1.29 is 9.59 Å². The molecule has 1 amide bonds. The van der Waals surface area contributed by atoms with E-state index in [0.29, 0.717) is 6.54 Å². The molecule has 0 aromatic carbocycles. The molecule has 0 aliphatic rings. The molecule has 1 heterocycles. The molecule has 1 rings (SSSR count). The lowest BCUT2D eigenvalue weighted by molar-refractivity contribution is -0.127. The number of thiazole rings is 1. The molecular formula is C8H10N2O2S. The van der Waals surface area contributed by atoms with Crippen molar-refractivity contribution in [3.05, 3.63) is 16.6 Å². The van der Waals surface area contributed by atoms with E-state index in [1.165, 1.54) is 18.3 Å². The second kappa shape index (κ2) is 4.71. The third-order valence-electron chi connectivity index (χ3n) is 1.35. The Morgan fingerprint density at radius 1 is 1.62 bits per heavy atom. The maximum atomic E-state index is 11.0. The molecule has 0 unspecified atom stereocenters. The second-order valence-electron chi connectivity index (χ2n) is 2.62. The summed E-state index contributed by atoms with van der Waals surface area (Å²) in [6, 6.07) is 0. The Balaban J connectivity index is 2.27. The number of Topliss-reactive ketones (excluding diaryl/α,β-unsaturated/α-hetero) is 1. The molecule has 0 bridgehead atoms. The third kappa shape index (κ3) is 3.80. The number of amides is 1. The molecule has 0 saturated heterocycles. The van der Waals surface area contributed by atoms with Gasteiger partial charge < -0.3 is 5.32 Å². The largest absolute Gasteiger partial charge is 0.351 e. The number of nitrogens with one attached hydrogen (secondary N) is 1. The summed E-state index contributed by atoms with van der Waals surface area (Å²) in [6.07, 6.45) is 1.65. The van der Waals surface area contributed by atoms with Crippen molar-refractivity contribution in [1.29, 1.82) is 0 Å². The number of nitrogens with zero attached hydrogens (tertiary/aromatic N) is 1. The Bertz CT molecular complexity index is 295. The van der Waals surface area contributed by atoms with Crippen LogP contribution in [0.5, 0.6) is 0 Å². The van der Waals surface area contributed by atoms with Crippen LogP contribution in [0.2, 0.25) is 0 Å². The van der Waals surface area contributed by atoms with Crippen molar-refractivity contribution in [3.63, 3.8) is 0 Å². The molecule has 4 nitrogen and oxygen atoms in total. The summed E-state index contributed by atoms with van der Waals surface area (Å²) in [7, 11) is 0. The molecule has 0 atom stereocenters. The standard InChI is InChI=1S/C8H10N2O2S/c1-6(11)2-8(12)10-4-7-3-9-5-13-7/h3,5H,2,4H2,1H3,(H,10,12). The fourth-order valence-electron chi connectivity index (χ4n) is 0.804. The molecule has 0 spiro atoms. The summed E-state index contributed by atoms with van der Waals surface area (Å²) >= 11 is 1.47. The lowest BCUT2D eigenvalue weighted by atomic mass is 10.3. The maximum absolute atomic E-state index is 11.0. The molecule has 0 aliphatic carbocycles. The normalized spacial score (nSPS) is 9.62. The predicted molar refractivity (Wildman–Crippen MR) is 49.3 cm³/mol. The molecule has 0 saturated carbocycles. The minimum Gasteiger partial charge on any atom is -0.351 e. The summed E-state index contributed by atoms with van der Waals surface area (Å²) in [4.78, 5) is 26.4. The van der Waals surface area contributed by atoms with Crippen molar-refractivity contribution in [2.75, 3.05) is 0 Å². The summed E-state index contributed by atoms with van der Waals surface area (Å²) in [5, 5.41) is 2.63. The van der Waals surface area contributed by atoms with Crippen molar-refractivity contribution >= 4 is 23.0 Å². The number of hydrogen-bond acceptors (Lipinski definition) is 4. The lowest BCUT2D eigenvalue weighted by Crippen LogP contribution is -2.23. The van der Waals surface area contributed by atoms with Crippen LogP contribution < -0.4 is 5.32 Å². The first kappa shape index (κ1) is 9.85. The van der Waals surface area contributed by atoms with Gasteiger partial charge in [0, 0.05) is 11.1 Å². The van der Waals surface area contributed by atoms with Gasteiger partial charge in [-0.05, 0) is 6.92 Å². The monoisotopic (exact) mass is 198 g/mol. The van der Waals surface area contributed by atoms with Crippen LogP contribution in [0.15, 0.2) is 11.7 Å². The number of carbonyl (C=O) groups excluding carboxylic acids is 2.